The van der Waals surface area contributed by atoms with Crippen LogP contribution in [0.15, 0.2) is 72.8 Å². The summed E-state index contributed by atoms with van der Waals surface area (Å²) in [4.78, 5) is 23.2. The third-order valence-corrected chi connectivity index (χ3v) is 6.75. The van der Waals surface area contributed by atoms with Gasteiger partial charge >= 0.3 is 0 Å². The number of pyridine rings is 1. The molecule has 1 amide bonds. The van der Waals surface area contributed by atoms with Crippen LogP contribution in [0.4, 0.5) is 5.69 Å². The zero-order valence-corrected chi connectivity index (χ0v) is 20.6. The van der Waals surface area contributed by atoms with E-state index in [1.54, 1.807) is 0 Å². The number of carbonyl (C=O) groups excluding carboxylic acids is 1. The Morgan fingerprint density at radius 1 is 0.886 bits per heavy atom. The molecular formula is C30H31N3O2. The van der Waals surface area contributed by atoms with Crippen LogP contribution in [-0.4, -0.2) is 48.6 Å². The fraction of sp³-hybridized carbons (Fsp3) is 0.267. The van der Waals surface area contributed by atoms with Crippen LogP contribution in [0.2, 0.25) is 0 Å². The molecule has 35 heavy (non-hydrogen) atoms. The number of nitrogens with zero attached hydrogens (tertiary/aromatic N) is 3. The monoisotopic (exact) mass is 465 g/mol. The molecule has 1 aliphatic rings. The molecule has 1 saturated heterocycles. The van der Waals surface area contributed by atoms with Gasteiger partial charge in [-0.2, -0.15) is 0 Å². The van der Waals surface area contributed by atoms with Gasteiger partial charge in [-0.25, -0.2) is 4.98 Å². The summed E-state index contributed by atoms with van der Waals surface area (Å²) in [5, 5.41) is 0.912. The van der Waals surface area contributed by atoms with Crippen LogP contribution in [0.5, 0.6) is 5.75 Å². The lowest BCUT2D eigenvalue weighted by Crippen LogP contribution is -2.49. The molecule has 5 heteroatoms. The Labute approximate surface area is 207 Å². The predicted octanol–water partition coefficient (Wildman–Crippen LogP) is 5.88. The molecule has 0 spiro atoms. The normalized spacial score (nSPS) is 13.8. The van der Waals surface area contributed by atoms with Gasteiger partial charge in [0.15, 0.2) is 0 Å². The molecule has 1 fully saturated rings. The van der Waals surface area contributed by atoms with Gasteiger partial charge in [0.25, 0.3) is 5.91 Å². The summed E-state index contributed by atoms with van der Waals surface area (Å²) in [6.07, 6.45) is 0. The molecule has 1 aliphatic heterocycles. The molecule has 0 bridgehead atoms. The van der Waals surface area contributed by atoms with Crippen molar-refractivity contribution in [2.75, 3.05) is 37.7 Å². The zero-order valence-electron chi connectivity index (χ0n) is 20.6. The third-order valence-electron chi connectivity index (χ3n) is 6.75. The van der Waals surface area contributed by atoms with E-state index >= 15 is 0 Å². The first kappa shape index (κ1) is 22.9. The first-order chi connectivity index (χ1) is 17.1. The molecule has 0 aliphatic carbocycles. The van der Waals surface area contributed by atoms with Crippen LogP contribution in [0.3, 0.4) is 0 Å². The second kappa shape index (κ2) is 9.79. The van der Waals surface area contributed by atoms with E-state index in [4.69, 9.17) is 9.72 Å². The molecule has 1 aromatic heterocycles. The largest absolute Gasteiger partial charge is 0.492 e. The average Bonchev–Trinajstić information content (AvgIpc) is 2.89. The maximum atomic E-state index is 13.9. The maximum absolute atomic E-state index is 13.9. The summed E-state index contributed by atoms with van der Waals surface area (Å²) in [5.74, 6) is 0.973. The zero-order chi connectivity index (χ0) is 24.4. The minimum absolute atomic E-state index is 0.0761. The molecule has 2 heterocycles. The van der Waals surface area contributed by atoms with E-state index in [9.17, 15) is 4.79 Å². The number of benzene rings is 3. The number of hydrogen-bond donors (Lipinski definition) is 0. The fourth-order valence-corrected chi connectivity index (χ4v) is 4.88. The standard InChI is InChI=1S/C30H31N3O2/c1-4-35-27-12-8-7-11-26(27)32-17-19-33(20-18-32)30(34)28-22(3)29(23-15-13-21(2)14-16-23)31-25-10-6-5-9-24(25)28/h5-16H,4,17-20H2,1-3H3. The molecular weight excluding hydrogens is 434 g/mol. The van der Waals surface area contributed by atoms with Gasteiger partial charge in [0.1, 0.15) is 5.75 Å². The lowest BCUT2D eigenvalue weighted by atomic mass is 9.96. The van der Waals surface area contributed by atoms with E-state index in [-0.39, 0.29) is 5.91 Å². The van der Waals surface area contributed by atoms with Crippen molar-refractivity contribution in [1.82, 2.24) is 9.88 Å². The Balaban J connectivity index is 1.46. The number of para-hydroxylation sites is 3. The lowest BCUT2D eigenvalue weighted by molar-refractivity contribution is 0.0748. The third kappa shape index (κ3) is 4.46. The molecule has 4 aromatic rings. The van der Waals surface area contributed by atoms with Crippen molar-refractivity contribution in [2.45, 2.75) is 20.8 Å². The number of carbonyl (C=O) groups is 1. The number of hydrogen-bond acceptors (Lipinski definition) is 4. The van der Waals surface area contributed by atoms with Gasteiger partial charge in [0.2, 0.25) is 0 Å². The minimum Gasteiger partial charge on any atom is -0.492 e. The highest BCUT2D eigenvalue weighted by Crippen LogP contribution is 2.32. The minimum atomic E-state index is 0.0761. The smallest absolute Gasteiger partial charge is 0.255 e. The molecule has 5 rings (SSSR count). The quantitative estimate of drug-likeness (QED) is 0.369. The maximum Gasteiger partial charge on any atom is 0.255 e. The van der Waals surface area contributed by atoms with Gasteiger partial charge in [0.05, 0.1) is 29.1 Å². The van der Waals surface area contributed by atoms with Crippen molar-refractivity contribution >= 4 is 22.5 Å². The summed E-state index contributed by atoms with van der Waals surface area (Å²) in [6.45, 7) is 9.59. The molecule has 0 atom stereocenters. The van der Waals surface area contributed by atoms with Crippen molar-refractivity contribution in [3.8, 4) is 17.0 Å². The van der Waals surface area contributed by atoms with Crippen LogP contribution >= 0.6 is 0 Å². The summed E-state index contributed by atoms with van der Waals surface area (Å²) >= 11 is 0. The Morgan fingerprint density at radius 2 is 1.57 bits per heavy atom. The Hall–Kier alpha value is -3.86. The predicted molar refractivity (Wildman–Crippen MR) is 142 cm³/mol. The summed E-state index contributed by atoms with van der Waals surface area (Å²) in [6, 6.07) is 24.4. The Kier molecular flexibility index (Phi) is 6.41. The number of rotatable bonds is 5. The molecule has 178 valence electrons. The number of fused-ring (bicyclic) bond motifs is 1. The van der Waals surface area contributed by atoms with E-state index in [0.717, 1.165) is 57.8 Å². The van der Waals surface area contributed by atoms with E-state index in [2.05, 4.69) is 42.2 Å². The SMILES string of the molecule is CCOc1ccccc1N1CCN(C(=O)c2c(C)c(-c3ccc(C)cc3)nc3ccccc23)CC1. The number of aromatic nitrogens is 1. The Bertz CT molecular complexity index is 1360. The molecule has 0 saturated carbocycles. The van der Waals surface area contributed by atoms with Gasteiger partial charge in [-0.05, 0) is 44.5 Å². The second-order valence-electron chi connectivity index (χ2n) is 9.02. The van der Waals surface area contributed by atoms with Crippen molar-refractivity contribution < 1.29 is 9.53 Å². The number of piperazine rings is 1. The van der Waals surface area contributed by atoms with Gasteiger partial charge in [-0.3, -0.25) is 4.79 Å². The van der Waals surface area contributed by atoms with Gasteiger partial charge in [0, 0.05) is 37.1 Å². The molecule has 0 unspecified atom stereocenters. The first-order valence-corrected chi connectivity index (χ1v) is 12.3. The van der Waals surface area contributed by atoms with E-state index in [1.165, 1.54) is 5.56 Å². The van der Waals surface area contributed by atoms with Crippen LogP contribution in [0, 0.1) is 13.8 Å². The van der Waals surface area contributed by atoms with E-state index < -0.39 is 0 Å². The Morgan fingerprint density at radius 3 is 2.31 bits per heavy atom. The van der Waals surface area contributed by atoms with Crippen molar-refractivity contribution in [2.24, 2.45) is 0 Å². The fourth-order valence-electron chi connectivity index (χ4n) is 4.88. The van der Waals surface area contributed by atoms with Crippen molar-refractivity contribution in [1.29, 1.82) is 0 Å². The van der Waals surface area contributed by atoms with E-state index in [0.29, 0.717) is 19.7 Å². The highest BCUT2D eigenvalue weighted by molar-refractivity contribution is 6.09. The number of ether oxygens (including phenoxy) is 1. The number of amides is 1. The molecule has 5 nitrogen and oxygen atoms in total. The van der Waals surface area contributed by atoms with Crippen molar-refractivity contribution in [3.05, 3.63) is 89.5 Å². The summed E-state index contributed by atoms with van der Waals surface area (Å²) in [7, 11) is 0. The van der Waals surface area contributed by atoms with E-state index in [1.807, 2.05) is 61.2 Å². The van der Waals surface area contributed by atoms with Crippen LogP contribution < -0.4 is 9.64 Å². The van der Waals surface area contributed by atoms with Crippen LogP contribution in [0.25, 0.3) is 22.2 Å². The second-order valence-corrected chi connectivity index (χ2v) is 9.02. The first-order valence-electron chi connectivity index (χ1n) is 12.3. The molecule has 3 aromatic carbocycles. The summed E-state index contributed by atoms with van der Waals surface area (Å²) in [5.41, 5.74) is 6.74. The van der Waals surface area contributed by atoms with Gasteiger partial charge in [-0.15, -0.1) is 0 Å². The van der Waals surface area contributed by atoms with Crippen LogP contribution in [-0.2, 0) is 0 Å². The number of anilines is 1. The molecule has 0 N–H and O–H groups in total. The van der Waals surface area contributed by atoms with Gasteiger partial charge in [-0.1, -0.05) is 60.2 Å². The highest BCUT2D eigenvalue weighted by atomic mass is 16.5. The number of aryl methyl sites for hydroxylation is 1. The average molecular weight is 466 g/mol. The lowest BCUT2D eigenvalue weighted by Gasteiger charge is -2.37. The summed E-state index contributed by atoms with van der Waals surface area (Å²) < 4.78 is 5.83. The topological polar surface area (TPSA) is 45.7 Å². The van der Waals surface area contributed by atoms with Gasteiger partial charge < -0.3 is 14.5 Å². The molecule has 0 radical (unpaired) electrons. The van der Waals surface area contributed by atoms with Crippen molar-refractivity contribution in [3.63, 3.8) is 0 Å². The highest BCUT2D eigenvalue weighted by Gasteiger charge is 2.27. The van der Waals surface area contributed by atoms with Crippen LogP contribution in [0.1, 0.15) is 28.4 Å².